The summed E-state index contributed by atoms with van der Waals surface area (Å²) in [6, 6.07) is 10.7. The second-order valence-electron chi connectivity index (χ2n) is 9.35. The Labute approximate surface area is 219 Å². The van der Waals surface area contributed by atoms with Gasteiger partial charge in [0.25, 0.3) is 5.91 Å². The van der Waals surface area contributed by atoms with E-state index in [1.54, 1.807) is 29.2 Å². The lowest BCUT2D eigenvalue weighted by Crippen LogP contribution is -2.50. The van der Waals surface area contributed by atoms with Crippen LogP contribution in [0.1, 0.15) is 33.2 Å². The van der Waals surface area contributed by atoms with Crippen molar-refractivity contribution in [2.75, 3.05) is 32.7 Å². The highest BCUT2D eigenvalue weighted by Crippen LogP contribution is 2.28. The first-order valence-electron chi connectivity index (χ1n) is 12.1. The lowest BCUT2D eigenvalue weighted by atomic mass is 10.00. The second-order valence-corrected chi connectivity index (χ2v) is 12.8. The van der Waals surface area contributed by atoms with E-state index >= 15 is 0 Å². The molecule has 0 saturated carbocycles. The molecule has 1 unspecified atom stereocenters. The molecule has 1 atom stereocenters. The number of carbonyl (C=O) groups is 1. The van der Waals surface area contributed by atoms with Gasteiger partial charge in [0.05, 0.1) is 16.6 Å². The highest BCUT2D eigenvalue weighted by molar-refractivity contribution is 7.89. The third-order valence-corrected chi connectivity index (χ3v) is 10.3. The lowest BCUT2D eigenvalue weighted by Gasteiger charge is -2.33. The van der Waals surface area contributed by atoms with Crippen molar-refractivity contribution in [1.29, 1.82) is 0 Å². The summed E-state index contributed by atoms with van der Waals surface area (Å²) in [6.07, 6.45) is 2.91. The number of nitrogens with one attached hydrogen (secondary N) is 1. The summed E-state index contributed by atoms with van der Waals surface area (Å²) in [6.45, 7) is 2.78. The zero-order valence-electron chi connectivity index (χ0n) is 19.6. The summed E-state index contributed by atoms with van der Waals surface area (Å²) in [5.41, 5.74) is 2.20. The average Bonchev–Trinajstić information content (AvgIpc) is 3.58. The fraction of sp³-hybridized carbons (Fsp3) is 0.400. The Morgan fingerprint density at radius 1 is 1.08 bits per heavy atom. The van der Waals surface area contributed by atoms with Crippen LogP contribution in [0.3, 0.4) is 0 Å². The van der Waals surface area contributed by atoms with Gasteiger partial charge in [-0.25, -0.2) is 13.4 Å². The third-order valence-electron chi connectivity index (χ3n) is 7.11. The number of carbonyl (C=O) groups excluding carboxylic acids is 1. The smallest absolute Gasteiger partial charge is 0.282 e. The van der Waals surface area contributed by atoms with E-state index < -0.39 is 10.0 Å². The molecule has 2 aromatic carbocycles. The molecule has 3 aliphatic rings. The van der Waals surface area contributed by atoms with Crippen molar-refractivity contribution in [1.82, 2.24) is 19.5 Å². The van der Waals surface area contributed by atoms with Crippen molar-refractivity contribution in [3.63, 3.8) is 0 Å². The number of aliphatic imine (C=N–C) groups is 1. The SMILES string of the molecule is O=C(c1nc2c(s1)CNC(C1=NCCC1)C2)N1CCN(S(=O)(=O)c2ccc3cc(Cl)ccc3c2)CC1. The molecule has 1 N–H and O–H groups in total. The van der Waals surface area contributed by atoms with Crippen LogP contribution in [0, 0.1) is 0 Å². The van der Waals surface area contributed by atoms with Crippen LogP contribution in [-0.2, 0) is 23.0 Å². The Hall–Kier alpha value is -2.37. The number of benzene rings is 2. The van der Waals surface area contributed by atoms with E-state index in [1.807, 2.05) is 12.1 Å². The summed E-state index contributed by atoms with van der Waals surface area (Å²) in [5, 5.41) is 6.34. The van der Waals surface area contributed by atoms with Crippen LogP contribution in [0.25, 0.3) is 10.8 Å². The van der Waals surface area contributed by atoms with Crippen molar-refractivity contribution in [3.05, 3.63) is 57.0 Å². The minimum Gasteiger partial charge on any atom is -0.334 e. The molecule has 1 aromatic heterocycles. The molecule has 3 aromatic rings. The Bertz CT molecular complexity index is 1480. The van der Waals surface area contributed by atoms with Gasteiger partial charge in [-0.15, -0.1) is 11.3 Å². The van der Waals surface area contributed by atoms with Crippen LogP contribution in [0.2, 0.25) is 5.02 Å². The maximum atomic E-state index is 13.3. The first kappa shape index (κ1) is 24.0. The van der Waals surface area contributed by atoms with E-state index in [1.165, 1.54) is 21.4 Å². The predicted molar refractivity (Wildman–Crippen MR) is 142 cm³/mol. The number of piperazine rings is 1. The summed E-state index contributed by atoms with van der Waals surface area (Å²) < 4.78 is 28.0. The zero-order valence-corrected chi connectivity index (χ0v) is 22.0. The topological polar surface area (TPSA) is 95.0 Å². The van der Waals surface area contributed by atoms with Gasteiger partial charge in [-0.3, -0.25) is 9.79 Å². The molecule has 188 valence electrons. The van der Waals surface area contributed by atoms with Crippen LogP contribution in [0.4, 0.5) is 0 Å². The molecule has 0 aliphatic carbocycles. The quantitative estimate of drug-likeness (QED) is 0.544. The van der Waals surface area contributed by atoms with Gasteiger partial charge >= 0.3 is 0 Å². The average molecular weight is 544 g/mol. The number of hydrogen-bond acceptors (Lipinski definition) is 7. The van der Waals surface area contributed by atoms with Crippen LogP contribution in [-0.4, -0.2) is 73.0 Å². The van der Waals surface area contributed by atoms with Crippen LogP contribution < -0.4 is 5.32 Å². The van der Waals surface area contributed by atoms with E-state index in [4.69, 9.17) is 11.6 Å². The van der Waals surface area contributed by atoms with Crippen molar-refractivity contribution < 1.29 is 13.2 Å². The van der Waals surface area contributed by atoms with Gasteiger partial charge < -0.3 is 10.2 Å². The van der Waals surface area contributed by atoms with Crippen LogP contribution in [0.5, 0.6) is 0 Å². The van der Waals surface area contributed by atoms with Gasteiger partial charge in [-0.05, 0) is 47.9 Å². The van der Waals surface area contributed by atoms with E-state index in [9.17, 15) is 13.2 Å². The molecule has 4 heterocycles. The second kappa shape index (κ2) is 9.50. The Morgan fingerprint density at radius 2 is 1.86 bits per heavy atom. The van der Waals surface area contributed by atoms with Gasteiger partial charge in [0.2, 0.25) is 10.0 Å². The van der Waals surface area contributed by atoms with Crippen molar-refractivity contribution in [2.24, 2.45) is 4.99 Å². The third kappa shape index (κ3) is 4.45. The minimum atomic E-state index is -3.66. The fourth-order valence-electron chi connectivity index (χ4n) is 5.11. The van der Waals surface area contributed by atoms with Gasteiger partial charge in [0.15, 0.2) is 5.01 Å². The van der Waals surface area contributed by atoms with Crippen LogP contribution in [0.15, 0.2) is 46.3 Å². The summed E-state index contributed by atoms with van der Waals surface area (Å²) in [5.74, 6) is -0.121. The van der Waals surface area contributed by atoms with Crippen LogP contribution >= 0.6 is 22.9 Å². The molecule has 1 saturated heterocycles. The maximum absolute atomic E-state index is 13.3. The lowest BCUT2D eigenvalue weighted by molar-refractivity contribution is 0.0697. The molecule has 1 amide bonds. The van der Waals surface area contributed by atoms with E-state index in [2.05, 4.69) is 15.3 Å². The van der Waals surface area contributed by atoms with Gasteiger partial charge in [-0.1, -0.05) is 23.7 Å². The highest BCUT2D eigenvalue weighted by atomic mass is 35.5. The first-order chi connectivity index (χ1) is 17.4. The summed E-state index contributed by atoms with van der Waals surface area (Å²) in [4.78, 5) is 25.6. The van der Waals surface area contributed by atoms with Crippen molar-refractivity contribution in [3.8, 4) is 0 Å². The van der Waals surface area contributed by atoms with E-state index in [0.29, 0.717) is 29.7 Å². The monoisotopic (exact) mass is 543 g/mol. The number of thiazole rings is 1. The summed E-state index contributed by atoms with van der Waals surface area (Å²) >= 11 is 7.49. The number of hydrogen-bond donors (Lipinski definition) is 1. The van der Waals surface area contributed by atoms with Gasteiger partial charge in [0, 0.05) is 61.3 Å². The molecule has 1 fully saturated rings. The number of halogens is 1. The minimum absolute atomic E-state index is 0.121. The van der Waals surface area contributed by atoms with Gasteiger partial charge in [-0.2, -0.15) is 4.31 Å². The molecular weight excluding hydrogens is 518 g/mol. The molecule has 6 rings (SSSR count). The number of rotatable bonds is 4. The molecular formula is C25H26ClN5O3S2. The number of aromatic nitrogens is 1. The number of fused-ring (bicyclic) bond motifs is 2. The maximum Gasteiger partial charge on any atom is 0.282 e. The predicted octanol–water partition coefficient (Wildman–Crippen LogP) is 3.35. The van der Waals surface area contributed by atoms with Gasteiger partial charge in [0.1, 0.15) is 0 Å². The molecule has 3 aliphatic heterocycles. The van der Waals surface area contributed by atoms with Crippen molar-refractivity contribution in [2.45, 2.75) is 36.7 Å². The molecule has 36 heavy (non-hydrogen) atoms. The highest BCUT2D eigenvalue weighted by Gasteiger charge is 2.33. The molecule has 0 bridgehead atoms. The molecule has 11 heteroatoms. The van der Waals surface area contributed by atoms with E-state index in [-0.39, 0.29) is 29.9 Å². The molecule has 0 radical (unpaired) electrons. The fourth-order valence-corrected chi connectivity index (χ4v) is 7.75. The Balaban J connectivity index is 1.12. The van der Waals surface area contributed by atoms with E-state index in [0.717, 1.165) is 47.2 Å². The number of sulfonamides is 1. The molecule has 0 spiro atoms. The Morgan fingerprint density at radius 3 is 2.64 bits per heavy atom. The largest absolute Gasteiger partial charge is 0.334 e. The number of nitrogens with zero attached hydrogens (tertiary/aromatic N) is 4. The number of amides is 1. The first-order valence-corrected chi connectivity index (χ1v) is 14.8. The normalized spacial score (nSPS) is 21.0. The standard InChI is InChI=1S/C25H26ClN5O3S2/c26-18-5-3-17-13-19(6-4-16(17)12-18)36(33,34)31-10-8-30(9-11-31)25(32)24-29-22-14-21(20-2-1-7-27-20)28-15-23(22)35-24/h3-6,12-13,21,28H,1-2,7-11,14-15H2. The van der Waals surface area contributed by atoms with Crippen molar-refractivity contribution >= 4 is 55.4 Å². The summed E-state index contributed by atoms with van der Waals surface area (Å²) in [7, 11) is -3.66. The zero-order chi connectivity index (χ0) is 24.9. The Kier molecular flexibility index (Phi) is 6.33. The molecule has 8 nitrogen and oxygen atoms in total.